The van der Waals surface area contributed by atoms with Crippen LogP contribution in [0.3, 0.4) is 0 Å². The normalized spacial score (nSPS) is 13.6. The van der Waals surface area contributed by atoms with Crippen molar-refractivity contribution < 1.29 is 13.2 Å². The van der Waals surface area contributed by atoms with E-state index in [9.17, 15) is 13.2 Å². The highest BCUT2D eigenvalue weighted by molar-refractivity contribution is 7.92. The molecule has 28 heavy (non-hydrogen) atoms. The fraction of sp³-hybridized carbons (Fsp3) is 0.409. The Balaban J connectivity index is 2.32. The lowest BCUT2D eigenvalue weighted by atomic mass is 10.00. The van der Waals surface area contributed by atoms with Crippen LogP contribution in [-0.2, 0) is 14.8 Å². The molecule has 1 N–H and O–H groups in total. The first kappa shape index (κ1) is 22.0. The van der Waals surface area contributed by atoms with Gasteiger partial charge in [-0.05, 0) is 57.4 Å². The van der Waals surface area contributed by atoms with Gasteiger partial charge in [0.25, 0.3) is 0 Å². The molecule has 0 aliphatic carbocycles. The van der Waals surface area contributed by atoms with Gasteiger partial charge in [-0.3, -0.25) is 9.10 Å². The summed E-state index contributed by atoms with van der Waals surface area (Å²) in [7, 11) is -3.63. The molecule has 1 amide bonds. The zero-order chi connectivity index (χ0) is 21.1. The summed E-state index contributed by atoms with van der Waals surface area (Å²) in [6.45, 7) is 9.71. The Labute approximate surface area is 168 Å². The zero-order valence-corrected chi connectivity index (χ0v) is 18.3. The highest BCUT2D eigenvalue weighted by Gasteiger charge is 2.32. The first-order valence-electron chi connectivity index (χ1n) is 9.48. The molecule has 0 bridgehead atoms. The topological polar surface area (TPSA) is 66.5 Å². The van der Waals surface area contributed by atoms with Crippen LogP contribution in [0.25, 0.3) is 0 Å². The number of sulfonamides is 1. The average molecular weight is 403 g/mol. The molecule has 0 radical (unpaired) electrons. The van der Waals surface area contributed by atoms with E-state index >= 15 is 0 Å². The molecule has 0 spiro atoms. The van der Waals surface area contributed by atoms with Gasteiger partial charge >= 0.3 is 0 Å². The summed E-state index contributed by atoms with van der Waals surface area (Å²) in [5.41, 5.74) is 4.80. The Hall–Kier alpha value is -2.34. The highest BCUT2D eigenvalue weighted by Crippen LogP contribution is 2.24. The van der Waals surface area contributed by atoms with E-state index in [0.29, 0.717) is 12.1 Å². The van der Waals surface area contributed by atoms with Crippen molar-refractivity contribution in [2.24, 2.45) is 0 Å². The number of amides is 1. The van der Waals surface area contributed by atoms with E-state index in [-0.39, 0.29) is 11.9 Å². The number of hydrogen-bond acceptors (Lipinski definition) is 3. The summed E-state index contributed by atoms with van der Waals surface area (Å²) >= 11 is 0. The minimum atomic E-state index is -3.63. The standard InChI is InChI=1S/C22H30N2O3S/c1-7-21(24(28(6,26)27)19-11-8-15(2)9-12-19)22(25)23-18(5)20-13-10-16(3)14-17(20)4/h8-14,18,21H,7H2,1-6H3,(H,23,25)/t18-,21+/m1/s1. The third kappa shape index (κ3) is 5.13. The molecule has 6 heteroatoms. The van der Waals surface area contributed by atoms with Crippen LogP contribution in [0.15, 0.2) is 42.5 Å². The van der Waals surface area contributed by atoms with Gasteiger partial charge in [0, 0.05) is 0 Å². The third-order valence-corrected chi connectivity index (χ3v) is 6.05. The molecule has 2 rings (SSSR count). The monoisotopic (exact) mass is 402 g/mol. The van der Waals surface area contributed by atoms with E-state index in [2.05, 4.69) is 11.4 Å². The molecule has 2 aromatic carbocycles. The van der Waals surface area contributed by atoms with Gasteiger partial charge in [0.2, 0.25) is 15.9 Å². The molecule has 0 fully saturated rings. The van der Waals surface area contributed by atoms with Crippen molar-refractivity contribution in [1.29, 1.82) is 0 Å². The van der Waals surface area contributed by atoms with Crippen LogP contribution in [0.2, 0.25) is 0 Å². The number of carbonyl (C=O) groups is 1. The number of anilines is 1. The van der Waals surface area contributed by atoms with Gasteiger partial charge in [-0.1, -0.05) is 48.4 Å². The molecule has 0 saturated carbocycles. The molecular formula is C22H30N2O3S. The van der Waals surface area contributed by atoms with E-state index < -0.39 is 16.1 Å². The highest BCUT2D eigenvalue weighted by atomic mass is 32.2. The van der Waals surface area contributed by atoms with Crippen LogP contribution in [0.5, 0.6) is 0 Å². The lowest BCUT2D eigenvalue weighted by Gasteiger charge is -2.31. The van der Waals surface area contributed by atoms with E-state index in [1.165, 1.54) is 4.31 Å². The molecule has 0 aliphatic rings. The zero-order valence-electron chi connectivity index (χ0n) is 17.5. The number of hydrogen-bond donors (Lipinski definition) is 1. The van der Waals surface area contributed by atoms with Gasteiger partial charge in [-0.2, -0.15) is 0 Å². The summed E-state index contributed by atoms with van der Waals surface area (Å²) < 4.78 is 26.2. The second-order valence-electron chi connectivity index (χ2n) is 7.41. The van der Waals surface area contributed by atoms with E-state index in [4.69, 9.17) is 0 Å². The molecule has 0 aromatic heterocycles. The molecular weight excluding hydrogens is 372 g/mol. The van der Waals surface area contributed by atoms with Gasteiger partial charge in [0.1, 0.15) is 6.04 Å². The van der Waals surface area contributed by atoms with Crippen molar-refractivity contribution in [3.05, 3.63) is 64.7 Å². The van der Waals surface area contributed by atoms with Gasteiger partial charge < -0.3 is 5.32 Å². The largest absolute Gasteiger partial charge is 0.348 e. The predicted octanol–water partition coefficient (Wildman–Crippen LogP) is 4.03. The minimum absolute atomic E-state index is 0.221. The van der Waals surface area contributed by atoms with Gasteiger partial charge in [-0.25, -0.2) is 8.42 Å². The maximum absolute atomic E-state index is 13.0. The summed E-state index contributed by atoms with van der Waals surface area (Å²) in [6.07, 6.45) is 1.50. The molecule has 0 aliphatic heterocycles. The van der Waals surface area contributed by atoms with Gasteiger partial charge in [0.05, 0.1) is 18.0 Å². The fourth-order valence-corrected chi connectivity index (χ4v) is 4.66. The molecule has 0 saturated heterocycles. The summed E-state index contributed by atoms with van der Waals surface area (Å²) in [5.74, 6) is -0.305. The van der Waals surface area contributed by atoms with Crippen molar-refractivity contribution in [2.45, 2.75) is 53.1 Å². The lowest BCUT2D eigenvalue weighted by Crippen LogP contribution is -2.49. The van der Waals surface area contributed by atoms with Crippen molar-refractivity contribution in [2.75, 3.05) is 10.6 Å². The molecule has 5 nitrogen and oxygen atoms in total. The van der Waals surface area contributed by atoms with E-state index in [1.54, 1.807) is 12.1 Å². The van der Waals surface area contributed by atoms with Crippen LogP contribution in [0.4, 0.5) is 5.69 Å². The second-order valence-corrected chi connectivity index (χ2v) is 9.27. The van der Waals surface area contributed by atoms with E-state index in [1.807, 2.05) is 58.9 Å². The number of aryl methyl sites for hydroxylation is 3. The maximum Gasteiger partial charge on any atom is 0.244 e. The van der Waals surface area contributed by atoms with Crippen molar-refractivity contribution in [3.63, 3.8) is 0 Å². The third-order valence-electron chi connectivity index (χ3n) is 4.87. The average Bonchev–Trinajstić information content (AvgIpc) is 2.59. The molecule has 0 unspecified atom stereocenters. The Morgan fingerprint density at radius 1 is 1.04 bits per heavy atom. The van der Waals surface area contributed by atoms with Crippen LogP contribution in [-0.4, -0.2) is 26.6 Å². The summed E-state index contributed by atoms with van der Waals surface area (Å²) in [5, 5.41) is 3.00. The number of nitrogens with one attached hydrogen (secondary N) is 1. The van der Waals surface area contributed by atoms with Crippen LogP contribution in [0, 0.1) is 20.8 Å². The Morgan fingerprint density at radius 2 is 1.61 bits per heavy atom. The Bertz CT molecular complexity index is 937. The molecule has 2 aromatic rings. The summed E-state index contributed by atoms with van der Waals surface area (Å²) in [4.78, 5) is 13.0. The van der Waals surface area contributed by atoms with Crippen LogP contribution < -0.4 is 9.62 Å². The first-order valence-corrected chi connectivity index (χ1v) is 11.3. The van der Waals surface area contributed by atoms with Crippen LogP contribution >= 0.6 is 0 Å². The Morgan fingerprint density at radius 3 is 2.11 bits per heavy atom. The number of nitrogens with zero attached hydrogens (tertiary/aromatic N) is 1. The number of benzene rings is 2. The predicted molar refractivity (Wildman–Crippen MR) is 115 cm³/mol. The molecule has 152 valence electrons. The minimum Gasteiger partial charge on any atom is -0.348 e. The van der Waals surface area contributed by atoms with Gasteiger partial charge in [-0.15, -0.1) is 0 Å². The SMILES string of the molecule is CC[C@@H](C(=O)N[C@H](C)c1ccc(C)cc1C)N(c1ccc(C)cc1)S(C)(=O)=O. The fourth-order valence-electron chi connectivity index (χ4n) is 3.45. The Kier molecular flexibility index (Phi) is 6.88. The maximum atomic E-state index is 13.0. The van der Waals surface area contributed by atoms with Crippen molar-refractivity contribution in [1.82, 2.24) is 5.32 Å². The lowest BCUT2D eigenvalue weighted by molar-refractivity contribution is -0.122. The number of carbonyl (C=O) groups excluding carboxylic acids is 1. The quantitative estimate of drug-likeness (QED) is 0.760. The van der Waals surface area contributed by atoms with Crippen molar-refractivity contribution >= 4 is 21.6 Å². The first-order chi connectivity index (χ1) is 13.0. The second kappa shape index (κ2) is 8.78. The smallest absolute Gasteiger partial charge is 0.244 e. The van der Waals surface area contributed by atoms with E-state index in [0.717, 1.165) is 28.5 Å². The van der Waals surface area contributed by atoms with Crippen molar-refractivity contribution in [3.8, 4) is 0 Å². The summed E-state index contributed by atoms with van der Waals surface area (Å²) in [6, 6.07) is 12.2. The molecule has 2 atom stereocenters. The molecule has 0 heterocycles. The number of rotatable bonds is 7. The van der Waals surface area contributed by atoms with Crippen LogP contribution in [0.1, 0.15) is 48.6 Å². The van der Waals surface area contributed by atoms with Gasteiger partial charge in [0.15, 0.2) is 0 Å².